The number of hydrogen-bond donors (Lipinski definition) is 0. The smallest absolute Gasteiger partial charge is 0.196 e. The van der Waals surface area contributed by atoms with Crippen LogP contribution in [0.2, 0.25) is 4.34 Å². The fraction of sp³-hybridized carbons (Fsp3) is 0.0526. The van der Waals surface area contributed by atoms with Gasteiger partial charge in [-0.1, -0.05) is 41.6 Å². The number of halogens is 1. The lowest BCUT2D eigenvalue weighted by Crippen LogP contribution is -2.03. The molecule has 3 heterocycles. The molecule has 0 aliphatic rings. The predicted molar refractivity (Wildman–Crippen MR) is 109 cm³/mol. The molecule has 4 aromatic rings. The van der Waals surface area contributed by atoms with Crippen LogP contribution in [0.15, 0.2) is 72.1 Å². The summed E-state index contributed by atoms with van der Waals surface area (Å²) in [5, 5.41) is 9.33. The summed E-state index contributed by atoms with van der Waals surface area (Å²) in [6.07, 6.45) is 3.44. The van der Waals surface area contributed by atoms with Gasteiger partial charge in [-0.2, -0.15) is 0 Å². The number of rotatable bonds is 6. The second kappa shape index (κ2) is 8.04. The standard InChI is InChI=1S/C19H13ClN4OS2/c20-17-7-6-16(27-17)15(25)12-26-19-23-22-18(13-8-10-21-11-9-13)24(19)14-4-2-1-3-5-14/h1-11H,12H2. The minimum atomic E-state index is 0.0185. The van der Waals surface area contributed by atoms with Crippen LogP contribution in [0.1, 0.15) is 9.67 Å². The second-order valence-electron chi connectivity index (χ2n) is 5.53. The number of para-hydroxylation sites is 1. The molecule has 134 valence electrons. The molecule has 0 spiro atoms. The van der Waals surface area contributed by atoms with Gasteiger partial charge in [-0.15, -0.1) is 21.5 Å². The van der Waals surface area contributed by atoms with Crippen molar-refractivity contribution in [2.45, 2.75) is 5.16 Å². The summed E-state index contributed by atoms with van der Waals surface area (Å²) in [6, 6.07) is 17.1. The van der Waals surface area contributed by atoms with E-state index >= 15 is 0 Å². The molecule has 0 aliphatic heterocycles. The Labute approximate surface area is 169 Å². The minimum Gasteiger partial charge on any atom is -0.292 e. The number of aromatic nitrogens is 4. The molecule has 0 saturated heterocycles. The zero-order valence-corrected chi connectivity index (χ0v) is 16.3. The molecule has 0 bridgehead atoms. The molecular weight excluding hydrogens is 400 g/mol. The van der Waals surface area contributed by atoms with Gasteiger partial charge in [0.05, 0.1) is 15.0 Å². The molecule has 0 unspecified atom stereocenters. The first-order chi connectivity index (χ1) is 13.2. The normalized spacial score (nSPS) is 10.9. The molecule has 0 fully saturated rings. The van der Waals surface area contributed by atoms with E-state index in [1.807, 2.05) is 47.0 Å². The molecule has 8 heteroatoms. The Hall–Kier alpha value is -2.48. The van der Waals surface area contributed by atoms with Gasteiger partial charge in [0.2, 0.25) is 0 Å². The summed E-state index contributed by atoms with van der Waals surface area (Å²) in [6.45, 7) is 0. The van der Waals surface area contributed by atoms with Crippen molar-refractivity contribution in [2.75, 3.05) is 5.75 Å². The van der Waals surface area contributed by atoms with Gasteiger partial charge >= 0.3 is 0 Å². The van der Waals surface area contributed by atoms with E-state index in [9.17, 15) is 4.79 Å². The Morgan fingerprint density at radius 3 is 2.52 bits per heavy atom. The fourth-order valence-corrected chi connectivity index (χ4v) is 4.43. The SMILES string of the molecule is O=C(CSc1nnc(-c2ccncc2)n1-c1ccccc1)c1ccc(Cl)s1. The van der Waals surface area contributed by atoms with Gasteiger partial charge in [-0.05, 0) is 36.4 Å². The Morgan fingerprint density at radius 1 is 1.04 bits per heavy atom. The van der Waals surface area contributed by atoms with Crippen LogP contribution in [0, 0.1) is 0 Å². The molecular formula is C19H13ClN4OS2. The van der Waals surface area contributed by atoms with Crippen molar-refractivity contribution in [2.24, 2.45) is 0 Å². The van der Waals surface area contributed by atoms with Gasteiger partial charge in [-0.3, -0.25) is 14.3 Å². The number of carbonyl (C=O) groups excluding carboxylic acids is 1. The molecule has 0 amide bonds. The van der Waals surface area contributed by atoms with E-state index in [0.717, 1.165) is 11.3 Å². The highest BCUT2D eigenvalue weighted by atomic mass is 35.5. The first kappa shape index (κ1) is 17.9. The van der Waals surface area contributed by atoms with E-state index in [2.05, 4.69) is 15.2 Å². The second-order valence-corrected chi connectivity index (χ2v) is 8.19. The van der Waals surface area contributed by atoms with Gasteiger partial charge in [0.15, 0.2) is 16.8 Å². The molecule has 4 rings (SSSR count). The number of ketones is 1. The van der Waals surface area contributed by atoms with Crippen LogP contribution in [0.5, 0.6) is 0 Å². The zero-order valence-electron chi connectivity index (χ0n) is 13.9. The van der Waals surface area contributed by atoms with E-state index in [0.29, 0.717) is 20.2 Å². The van der Waals surface area contributed by atoms with Gasteiger partial charge < -0.3 is 0 Å². The Balaban J connectivity index is 1.66. The Kier molecular flexibility index (Phi) is 5.33. The van der Waals surface area contributed by atoms with Crippen LogP contribution in [-0.4, -0.2) is 31.3 Å². The number of thiophene rings is 1. The average Bonchev–Trinajstić information content (AvgIpc) is 3.34. The largest absolute Gasteiger partial charge is 0.292 e. The topological polar surface area (TPSA) is 60.7 Å². The van der Waals surface area contributed by atoms with Crippen LogP contribution in [-0.2, 0) is 0 Å². The van der Waals surface area contributed by atoms with Gasteiger partial charge in [0, 0.05) is 23.6 Å². The summed E-state index contributed by atoms with van der Waals surface area (Å²) in [5.41, 5.74) is 1.84. The zero-order chi connectivity index (χ0) is 18.6. The monoisotopic (exact) mass is 412 g/mol. The number of thioether (sulfide) groups is 1. The summed E-state index contributed by atoms with van der Waals surface area (Å²) in [7, 11) is 0. The highest BCUT2D eigenvalue weighted by Crippen LogP contribution is 2.29. The molecule has 0 saturated carbocycles. The van der Waals surface area contributed by atoms with Crippen molar-refractivity contribution >= 4 is 40.5 Å². The molecule has 0 aliphatic carbocycles. The van der Waals surface area contributed by atoms with Crippen LogP contribution < -0.4 is 0 Å². The summed E-state index contributed by atoms with van der Waals surface area (Å²) in [5.74, 6) is 0.987. The highest BCUT2D eigenvalue weighted by Gasteiger charge is 2.18. The number of carbonyl (C=O) groups is 1. The highest BCUT2D eigenvalue weighted by molar-refractivity contribution is 7.99. The summed E-state index contributed by atoms with van der Waals surface area (Å²) in [4.78, 5) is 17.1. The molecule has 3 aromatic heterocycles. The number of pyridine rings is 1. The first-order valence-electron chi connectivity index (χ1n) is 8.05. The lowest BCUT2D eigenvalue weighted by Gasteiger charge is -2.09. The van der Waals surface area contributed by atoms with Crippen LogP contribution in [0.3, 0.4) is 0 Å². The number of benzene rings is 1. The van der Waals surface area contributed by atoms with E-state index in [1.54, 1.807) is 24.5 Å². The molecule has 0 radical (unpaired) electrons. The van der Waals surface area contributed by atoms with Crippen molar-refractivity contribution in [3.63, 3.8) is 0 Å². The number of hydrogen-bond acceptors (Lipinski definition) is 6. The average molecular weight is 413 g/mol. The maximum Gasteiger partial charge on any atom is 0.196 e. The van der Waals surface area contributed by atoms with Crippen LogP contribution in [0.25, 0.3) is 17.1 Å². The lowest BCUT2D eigenvalue weighted by molar-refractivity contribution is 0.102. The van der Waals surface area contributed by atoms with Gasteiger partial charge in [0.1, 0.15) is 0 Å². The van der Waals surface area contributed by atoms with E-state index in [4.69, 9.17) is 11.6 Å². The molecule has 0 N–H and O–H groups in total. The maximum atomic E-state index is 12.4. The molecule has 1 aromatic carbocycles. The third-order valence-electron chi connectivity index (χ3n) is 3.77. The quantitative estimate of drug-likeness (QED) is 0.328. The fourth-order valence-electron chi connectivity index (χ4n) is 2.53. The Morgan fingerprint density at radius 2 is 1.81 bits per heavy atom. The number of Topliss-reactive ketones (excluding diaryl/α,β-unsaturated/α-hetero) is 1. The molecule has 5 nitrogen and oxygen atoms in total. The summed E-state index contributed by atoms with van der Waals surface area (Å²) >= 11 is 8.57. The molecule has 27 heavy (non-hydrogen) atoms. The maximum absolute atomic E-state index is 12.4. The van der Waals surface area contributed by atoms with Crippen LogP contribution in [0.4, 0.5) is 0 Å². The van der Waals surface area contributed by atoms with Crippen molar-refractivity contribution in [3.8, 4) is 17.1 Å². The van der Waals surface area contributed by atoms with E-state index in [1.165, 1.54) is 23.1 Å². The third kappa shape index (κ3) is 3.95. The Bertz CT molecular complexity index is 1060. The van der Waals surface area contributed by atoms with E-state index in [-0.39, 0.29) is 11.5 Å². The summed E-state index contributed by atoms with van der Waals surface area (Å²) < 4.78 is 2.56. The predicted octanol–water partition coefficient (Wildman–Crippen LogP) is 5.02. The molecule has 0 atom stereocenters. The van der Waals surface area contributed by atoms with Crippen molar-refractivity contribution in [1.82, 2.24) is 19.7 Å². The van der Waals surface area contributed by atoms with Gasteiger partial charge in [-0.25, -0.2) is 0 Å². The van der Waals surface area contributed by atoms with Gasteiger partial charge in [0.25, 0.3) is 0 Å². The minimum absolute atomic E-state index is 0.0185. The number of nitrogens with zero attached hydrogens (tertiary/aromatic N) is 4. The van der Waals surface area contributed by atoms with Crippen molar-refractivity contribution in [1.29, 1.82) is 0 Å². The lowest BCUT2D eigenvalue weighted by atomic mass is 10.2. The third-order valence-corrected chi connectivity index (χ3v) is 5.97. The van der Waals surface area contributed by atoms with Crippen molar-refractivity contribution < 1.29 is 4.79 Å². The van der Waals surface area contributed by atoms with Crippen LogP contribution >= 0.6 is 34.7 Å². The van der Waals surface area contributed by atoms with E-state index < -0.39 is 0 Å². The van der Waals surface area contributed by atoms with Crippen molar-refractivity contribution in [3.05, 3.63) is 76.2 Å². The first-order valence-corrected chi connectivity index (χ1v) is 10.2.